The van der Waals surface area contributed by atoms with Crippen LogP contribution in [0.15, 0.2) is 48.5 Å². The fourth-order valence-corrected chi connectivity index (χ4v) is 3.15. The highest BCUT2D eigenvalue weighted by Gasteiger charge is 2.10. The predicted molar refractivity (Wildman–Crippen MR) is 98.2 cm³/mol. The molecule has 0 aliphatic rings. The second-order valence-corrected chi connectivity index (χ2v) is 6.30. The monoisotopic (exact) mass is 355 g/mol. The first-order valence-corrected chi connectivity index (χ1v) is 8.55. The van der Waals surface area contributed by atoms with Gasteiger partial charge >= 0.3 is 0 Å². The molecule has 0 spiro atoms. The SMILES string of the molecule is COc1cccc(C(=O)NCCC(=O)Nc2nc3ccccc3s2)c1. The summed E-state index contributed by atoms with van der Waals surface area (Å²) in [6, 6.07) is 14.5. The number of nitrogens with zero attached hydrogens (tertiary/aromatic N) is 1. The Kier molecular flexibility index (Phi) is 5.25. The Balaban J connectivity index is 1.49. The van der Waals surface area contributed by atoms with E-state index in [4.69, 9.17) is 4.74 Å². The molecule has 25 heavy (non-hydrogen) atoms. The number of carbonyl (C=O) groups is 2. The van der Waals surface area contributed by atoms with Gasteiger partial charge in [-0.15, -0.1) is 0 Å². The number of carbonyl (C=O) groups excluding carboxylic acids is 2. The smallest absolute Gasteiger partial charge is 0.251 e. The van der Waals surface area contributed by atoms with E-state index in [1.54, 1.807) is 31.4 Å². The molecule has 0 unspecified atom stereocenters. The van der Waals surface area contributed by atoms with Crippen molar-refractivity contribution in [2.45, 2.75) is 6.42 Å². The van der Waals surface area contributed by atoms with Crippen molar-refractivity contribution in [3.63, 3.8) is 0 Å². The zero-order chi connectivity index (χ0) is 17.6. The maximum atomic E-state index is 12.1. The molecule has 1 aromatic heterocycles. The number of fused-ring (bicyclic) bond motifs is 1. The zero-order valence-corrected chi connectivity index (χ0v) is 14.4. The van der Waals surface area contributed by atoms with Gasteiger partial charge in [-0.25, -0.2) is 4.98 Å². The molecule has 128 valence electrons. The van der Waals surface area contributed by atoms with Crippen molar-refractivity contribution in [3.05, 3.63) is 54.1 Å². The summed E-state index contributed by atoms with van der Waals surface area (Å²) < 4.78 is 6.11. The van der Waals surface area contributed by atoms with E-state index in [0.717, 1.165) is 10.2 Å². The number of anilines is 1. The van der Waals surface area contributed by atoms with Crippen LogP contribution in [0.4, 0.5) is 5.13 Å². The van der Waals surface area contributed by atoms with Gasteiger partial charge in [-0.05, 0) is 30.3 Å². The molecule has 2 amide bonds. The number of aromatic nitrogens is 1. The third kappa shape index (κ3) is 4.33. The summed E-state index contributed by atoms with van der Waals surface area (Å²) in [4.78, 5) is 28.4. The highest BCUT2D eigenvalue weighted by Crippen LogP contribution is 2.25. The molecule has 0 bridgehead atoms. The van der Waals surface area contributed by atoms with Crippen LogP contribution < -0.4 is 15.4 Å². The lowest BCUT2D eigenvalue weighted by atomic mass is 10.2. The van der Waals surface area contributed by atoms with Gasteiger partial charge in [0, 0.05) is 18.5 Å². The number of amides is 2. The van der Waals surface area contributed by atoms with Gasteiger partial charge in [0.05, 0.1) is 17.3 Å². The van der Waals surface area contributed by atoms with Gasteiger partial charge in [0.2, 0.25) is 5.91 Å². The van der Waals surface area contributed by atoms with Crippen LogP contribution in [0.1, 0.15) is 16.8 Å². The van der Waals surface area contributed by atoms with Crippen molar-refractivity contribution in [1.82, 2.24) is 10.3 Å². The molecule has 6 nitrogen and oxygen atoms in total. The Morgan fingerprint density at radius 1 is 1.16 bits per heavy atom. The summed E-state index contributed by atoms with van der Waals surface area (Å²) in [5.74, 6) is 0.179. The average molecular weight is 355 g/mol. The van der Waals surface area contributed by atoms with Gasteiger partial charge in [-0.2, -0.15) is 0 Å². The lowest BCUT2D eigenvalue weighted by Gasteiger charge is -2.06. The molecule has 1 heterocycles. The van der Waals surface area contributed by atoms with Gasteiger partial charge in [-0.1, -0.05) is 29.5 Å². The van der Waals surface area contributed by atoms with E-state index in [-0.39, 0.29) is 24.8 Å². The number of methoxy groups -OCH3 is 1. The van der Waals surface area contributed by atoms with Crippen LogP contribution in [0.5, 0.6) is 5.75 Å². The van der Waals surface area contributed by atoms with Crippen molar-refractivity contribution < 1.29 is 14.3 Å². The van der Waals surface area contributed by atoms with Gasteiger partial charge in [0.1, 0.15) is 5.75 Å². The first-order valence-electron chi connectivity index (χ1n) is 7.73. The quantitative estimate of drug-likeness (QED) is 0.712. The number of benzene rings is 2. The molecule has 0 aliphatic heterocycles. The molecule has 2 N–H and O–H groups in total. The topological polar surface area (TPSA) is 80.3 Å². The summed E-state index contributed by atoms with van der Waals surface area (Å²) in [6.07, 6.45) is 0.172. The number of para-hydroxylation sites is 1. The zero-order valence-electron chi connectivity index (χ0n) is 13.6. The molecule has 3 rings (SSSR count). The summed E-state index contributed by atoms with van der Waals surface area (Å²) in [5.41, 5.74) is 1.35. The van der Waals surface area contributed by atoms with Gasteiger partial charge < -0.3 is 15.4 Å². The van der Waals surface area contributed by atoms with Crippen molar-refractivity contribution in [1.29, 1.82) is 0 Å². The molecule has 0 radical (unpaired) electrons. The van der Waals surface area contributed by atoms with Crippen LogP contribution in [0, 0.1) is 0 Å². The third-order valence-electron chi connectivity index (χ3n) is 3.51. The molecule has 3 aromatic rings. The minimum atomic E-state index is -0.244. The number of nitrogens with one attached hydrogen (secondary N) is 2. The van der Waals surface area contributed by atoms with E-state index in [1.807, 2.05) is 24.3 Å². The molecule has 0 fully saturated rings. The Hall–Kier alpha value is -2.93. The first kappa shape index (κ1) is 16.9. The van der Waals surface area contributed by atoms with Crippen molar-refractivity contribution in [3.8, 4) is 5.75 Å². The standard InChI is InChI=1S/C18H17N3O3S/c1-24-13-6-4-5-12(11-13)17(23)19-10-9-16(22)21-18-20-14-7-2-3-8-15(14)25-18/h2-8,11H,9-10H2,1H3,(H,19,23)(H,20,21,22). The van der Waals surface area contributed by atoms with E-state index in [2.05, 4.69) is 15.6 Å². The minimum absolute atomic E-state index is 0.172. The number of rotatable bonds is 6. The van der Waals surface area contributed by atoms with Gasteiger partial charge in [-0.3, -0.25) is 9.59 Å². The minimum Gasteiger partial charge on any atom is -0.497 e. The van der Waals surface area contributed by atoms with Crippen LogP contribution in [0.3, 0.4) is 0 Å². The van der Waals surface area contributed by atoms with Crippen LogP contribution in [0.2, 0.25) is 0 Å². The van der Waals surface area contributed by atoms with E-state index in [1.165, 1.54) is 11.3 Å². The molecule has 2 aromatic carbocycles. The third-order valence-corrected chi connectivity index (χ3v) is 4.46. The Labute approximate surface area is 148 Å². The number of hydrogen-bond donors (Lipinski definition) is 2. The number of thiazole rings is 1. The van der Waals surface area contributed by atoms with Crippen LogP contribution in [0.25, 0.3) is 10.2 Å². The number of hydrogen-bond acceptors (Lipinski definition) is 5. The average Bonchev–Trinajstić information content (AvgIpc) is 3.03. The van der Waals surface area contributed by atoms with Gasteiger partial charge in [0.15, 0.2) is 5.13 Å². The van der Waals surface area contributed by atoms with E-state index in [9.17, 15) is 9.59 Å². The Morgan fingerprint density at radius 3 is 2.80 bits per heavy atom. The largest absolute Gasteiger partial charge is 0.497 e. The highest BCUT2D eigenvalue weighted by molar-refractivity contribution is 7.22. The molecule has 0 saturated carbocycles. The van der Waals surface area contributed by atoms with Crippen LogP contribution in [-0.4, -0.2) is 30.5 Å². The van der Waals surface area contributed by atoms with Crippen LogP contribution >= 0.6 is 11.3 Å². The summed E-state index contributed by atoms with van der Waals surface area (Å²) in [6.45, 7) is 0.243. The summed E-state index contributed by atoms with van der Waals surface area (Å²) in [5, 5.41) is 6.04. The van der Waals surface area contributed by atoms with Crippen molar-refractivity contribution in [2.75, 3.05) is 19.0 Å². The van der Waals surface area contributed by atoms with E-state index >= 15 is 0 Å². The summed E-state index contributed by atoms with van der Waals surface area (Å²) >= 11 is 1.42. The van der Waals surface area contributed by atoms with E-state index < -0.39 is 0 Å². The lowest BCUT2D eigenvalue weighted by Crippen LogP contribution is -2.27. The maximum absolute atomic E-state index is 12.1. The van der Waals surface area contributed by atoms with Crippen molar-refractivity contribution >= 4 is 38.5 Å². The number of ether oxygens (including phenoxy) is 1. The molecule has 0 atom stereocenters. The first-order chi connectivity index (χ1) is 12.2. The van der Waals surface area contributed by atoms with Crippen LogP contribution in [-0.2, 0) is 4.79 Å². The Morgan fingerprint density at radius 2 is 2.00 bits per heavy atom. The highest BCUT2D eigenvalue weighted by atomic mass is 32.1. The normalized spacial score (nSPS) is 10.4. The molecule has 0 aliphatic carbocycles. The van der Waals surface area contributed by atoms with Gasteiger partial charge in [0.25, 0.3) is 5.91 Å². The molecular formula is C18H17N3O3S. The summed E-state index contributed by atoms with van der Waals surface area (Å²) in [7, 11) is 1.55. The predicted octanol–water partition coefficient (Wildman–Crippen LogP) is 3.06. The maximum Gasteiger partial charge on any atom is 0.251 e. The molecule has 0 saturated heterocycles. The van der Waals surface area contributed by atoms with Crippen molar-refractivity contribution in [2.24, 2.45) is 0 Å². The fourth-order valence-electron chi connectivity index (χ4n) is 2.26. The molecular weight excluding hydrogens is 338 g/mol. The lowest BCUT2D eigenvalue weighted by molar-refractivity contribution is -0.116. The Bertz CT molecular complexity index is 874. The second kappa shape index (κ2) is 7.76. The van der Waals surface area contributed by atoms with E-state index in [0.29, 0.717) is 16.4 Å². The molecule has 7 heteroatoms. The fraction of sp³-hybridized carbons (Fsp3) is 0.167. The second-order valence-electron chi connectivity index (χ2n) is 5.27.